The molecule has 5 N–H and O–H groups in total. The second-order valence-electron chi connectivity index (χ2n) is 10.7. The van der Waals surface area contributed by atoms with Gasteiger partial charge in [0.15, 0.2) is 6.29 Å². The third kappa shape index (κ3) is 8.37. The number of carbonyl (C=O) groups excluding carboxylic acids is 1. The summed E-state index contributed by atoms with van der Waals surface area (Å²) in [6.07, 6.45) is -2.46. The van der Waals surface area contributed by atoms with Crippen molar-refractivity contribution in [2.75, 3.05) is 25.5 Å². The van der Waals surface area contributed by atoms with Crippen molar-refractivity contribution >= 4 is 17.6 Å². The molecule has 3 aromatic carbocycles. The first kappa shape index (κ1) is 31.1. The molecule has 1 heterocycles. The van der Waals surface area contributed by atoms with Crippen molar-refractivity contribution in [3.8, 4) is 5.75 Å². The van der Waals surface area contributed by atoms with E-state index >= 15 is 0 Å². The number of hydrogen-bond acceptors (Lipinski definition) is 8. The van der Waals surface area contributed by atoms with E-state index in [2.05, 4.69) is 12.2 Å². The van der Waals surface area contributed by atoms with E-state index in [0.717, 1.165) is 16.7 Å². The number of aliphatic carboxylic acids is 1. The van der Waals surface area contributed by atoms with Crippen LogP contribution in [-0.4, -0.2) is 63.4 Å². The van der Waals surface area contributed by atoms with E-state index in [1.165, 1.54) is 0 Å². The molecule has 1 fully saturated rings. The first-order valence-corrected chi connectivity index (χ1v) is 13.9. The highest BCUT2D eigenvalue weighted by atomic mass is 16.7. The van der Waals surface area contributed by atoms with Gasteiger partial charge in [0, 0.05) is 36.7 Å². The number of ether oxygens (including phenoxy) is 2. The lowest BCUT2D eigenvalue weighted by atomic mass is 9.90. The second kappa shape index (κ2) is 14.4. The third-order valence-electron chi connectivity index (χ3n) is 7.39. The van der Waals surface area contributed by atoms with Crippen LogP contribution in [0, 0.1) is 5.92 Å². The molecule has 0 saturated carbocycles. The normalized spacial score (nSPS) is 21.2. The van der Waals surface area contributed by atoms with Crippen molar-refractivity contribution in [3.05, 3.63) is 95.1 Å². The summed E-state index contributed by atoms with van der Waals surface area (Å²) in [6.45, 7) is 2.83. The summed E-state index contributed by atoms with van der Waals surface area (Å²) < 4.78 is 12.9. The minimum absolute atomic E-state index is 0.0543. The topological polar surface area (TPSA) is 149 Å². The third-order valence-corrected chi connectivity index (χ3v) is 7.39. The van der Waals surface area contributed by atoms with Gasteiger partial charge in [-0.2, -0.15) is 0 Å². The SMILES string of the molecule is CC1C(CN(C)CC(O)c2cccc(O)c2)OC(c2ccc(NC(=O)CCC(=O)O)cc2)OC1c1ccc(CO)cc1. The standard InChI is InChI=1S/C32H38N2O8/c1-20-28(18-34(2)17-27(37)24-4-3-5-26(36)16-24)41-32(42-31(20)22-8-6-21(19-35)7-9-22)23-10-12-25(13-11-23)33-29(38)14-15-30(39)40/h3-13,16,20,27-28,31-32,35-37H,14-15,17-19H2,1-2H3,(H,33,38)(H,39,40). The molecule has 42 heavy (non-hydrogen) atoms. The number of likely N-dealkylation sites (N-methyl/N-ethyl adjacent to an activating group) is 1. The summed E-state index contributed by atoms with van der Waals surface area (Å²) in [5.74, 6) is -1.38. The lowest BCUT2D eigenvalue weighted by Gasteiger charge is -2.42. The Bertz CT molecular complexity index is 1330. The van der Waals surface area contributed by atoms with Crippen LogP contribution in [0.4, 0.5) is 5.69 Å². The molecule has 0 bridgehead atoms. The first-order chi connectivity index (χ1) is 20.1. The van der Waals surface area contributed by atoms with E-state index < -0.39 is 18.4 Å². The zero-order chi connectivity index (χ0) is 30.2. The maximum Gasteiger partial charge on any atom is 0.303 e. The minimum Gasteiger partial charge on any atom is -0.508 e. The number of carbonyl (C=O) groups is 2. The molecule has 0 aliphatic carbocycles. The van der Waals surface area contributed by atoms with Gasteiger partial charge >= 0.3 is 5.97 Å². The van der Waals surface area contributed by atoms with E-state index in [1.807, 2.05) is 36.2 Å². The number of anilines is 1. The number of benzene rings is 3. The van der Waals surface area contributed by atoms with Gasteiger partial charge < -0.3 is 40.1 Å². The Morgan fingerprint density at radius 3 is 2.31 bits per heavy atom. The minimum atomic E-state index is -1.03. The maximum absolute atomic E-state index is 12.0. The molecule has 0 radical (unpaired) electrons. The molecule has 1 aliphatic rings. The molecule has 3 aromatic rings. The van der Waals surface area contributed by atoms with Gasteiger partial charge in [0.2, 0.25) is 5.91 Å². The van der Waals surface area contributed by atoms with Crippen LogP contribution in [0.5, 0.6) is 5.75 Å². The number of phenolic OH excluding ortho intramolecular Hbond substituents is 1. The number of aliphatic hydroxyl groups excluding tert-OH is 2. The molecular weight excluding hydrogens is 540 g/mol. The van der Waals surface area contributed by atoms with Gasteiger partial charge in [0.1, 0.15) is 5.75 Å². The molecule has 0 spiro atoms. The highest BCUT2D eigenvalue weighted by Gasteiger charge is 2.39. The van der Waals surface area contributed by atoms with E-state index in [1.54, 1.807) is 48.5 Å². The first-order valence-electron chi connectivity index (χ1n) is 13.9. The van der Waals surface area contributed by atoms with Crippen molar-refractivity contribution in [2.24, 2.45) is 5.92 Å². The molecule has 224 valence electrons. The molecular formula is C32H38N2O8. The molecule has 1 amide bonds. The van der Waals surface area contributed by atoms with Crippen LogP contribution in [0.3, 0.4) is 0 Å². The van der Waals surface area contributed by atoms with Crippen molar-refractivity contribution in [1.82, 2.24) is 4.90 Å². The Labute approximate surface area is 245 Å². The van der Waals surface area contributed by atoms with Gasteiger partial charge in [-0.25, -0.2) is 0 Å². The summed E-state index contributed by atoms with van der Waals surface area (Å²) in [7, 11) is 1.90. The van der Waals surface area contributed by atoms with Gasteiger partial charge in [-0.05, 0) is 48.0 Å². The van der Waals surface area contributed by atoms with Gasteiger partial charge in [-0.15, -0.1) is 0 Å². The summed E-state index contributed by atoms with van der Waals surface area (Å²) in [5, 5.41) is 41.5. The summed E-state index contributed by atoms with van der Waals surface area (Å²) in [5.41, 5.74) is 3.65. The zero-order valence-corrected chi connectivity index (χ0v) is 23.7. The smallest absolute Gasteiger partial charge is 0.303 e. The number of aliphatic hydroxyl groups is 2. The lowest BCUT2D eigenvalue weighted by Crippen LogP contribution is -2.44. The fourth-order valence-corrected chi connectivity index (χ4v) is 5.01. The predicted molar refractivity (Wildman–Crippen MR) is 155 cm³/mol. The van der Waals surface area contributed by atoms with Crippen LogP contribution in [0.2, 0.25) is 0 Å². The average Bonchev–Trinajstić information content (AvgIpc) is 2.97. The number of nitrogens with zero attached hydrogens (tertiary/aromatic N) is 1. The largest absolute Gasteiger partial charge is 0.508 e. The quantitative estimate of drug-likeness (QED) is 0.214. The van der Waals surface area contributed by atoms with E-state index in [4.69, 9.17) is 14.6 Å². The number of carboxylic acids is 1. The van der Waals surface area contributed by atoms with Crippen LogP contribution in [0.15, 0.2) is 72.8 Å². The van der Waals surface area contributed by atoms with Crippen LogP contribution < -0.4 is 5.32 Å². The summed E-state index contributed by atoms with van der Waals surface area (Å²) in [6, 6.07) is 21.2. The Morgan fingerprint density at radius 2 is 1.67 bits per heavy atom. The molecule has 1 aliphatic heterocycles. The molecule has 5 atom stereocenters. The molecule has 10 heteroatoms. The van der Waals surface area contributed by atoms with Crippen molar-refractivity contribution < 1.29 is 39.5 Å². The predicted octanol–water partition coefficient (Wildman–Crippen LogP) is 4.14. The van der Waals surface area contributed by atoms with Gasteiger partial charge in [0.25, 0.3) is 0 Å². The Hall–Kier alpha value is -3.80. The highest BCUT2D eigenvalue weighted by molar-refractivity contribution is 5.92. The van der Waals surface area contributed by atoms with Crippen molar-refractivity contribution in [1.29, 1.82) is 0 Å². The number of rotatable bonds is 12. The molecule has 1 saturated heterocycles. The van der Waals surface area contributed by atoms with Gasteiger partial charge in [0.05, 0.1) is 31.3 Å². The Balaban J connectivity index is 1.50. The summed E-state index contributed by atoms with van der Waals surface area (Å²) in [4.78, 5) is 24.8. The fourth-order valence-electron chi connectivity index (χ4n) is 5.01. The molecule has 0 aromatic heterocycles. The highest BCUT2D eigenvalue weighted by Crippen LogP contribution is 2.42. The Morgan fingerprint density at radius 1 is 0.976 bits per heavy atom. The van der Waals surface area contributed by atoms with E-state index in [0.29, 0.717) is 24.3 Å². The van der Waals surface area contributed by atoms with E-state index in [-0.39, 0.29) is 49.2 Å². The average molecular weight is 579 g/mol. The number of phenols is 1. The van der Waals surface area contributed by atoms with Crippen LogP contribution >= 0.6 is 0 Å². The number of nitrogens with one attached hydrogen (secondary N) is 1. The fraction of sp³-hybridized carbons (Fsp3) is 0.375. The number of aromatic hydroxyl groups is 1. The van der Waals surface area contributed by atoms with Crippen molar-refractivity contribution in [2.45, 2.75) is 51.0 Å². The van der Waals surface area contributed by atoms with Crippen LogP contribution in [0.25, 0.3) is 0 Å². The molecule has 10 nitrogen and oxygen atoms in total. The van der Waals surface area contributed by atoms with Gasteiger partial charge in [-0.1, -0.05) is 55.5 Å². The van der Waals surface area contributed by atoms with E-state index in [9.17, 15) is 24.9 Å². The lowest BCUT2D eigenvalue weighted by molar-refractivity contribution is -0.276. The molecule has 4 rings (SSSR count). The van der Waals surface area contributed by atoms with Gasteiger partial charge in [-0.3, -0.25) is 9.59 Å². The second-order valence-corrected chi connectivity index (χ2v) is 10.7. The van der Waals surface area contributed by atoms with Crippen LogP contribution in [-0.2, 0) is 25.7 Å². The van der Waals surface area contributed by atoms with Crippen LogP contribution in [0.1, 0.15) is 60.5 Å². The maximum atomic E-state index is 12.0. The zero-order valence-electron chi connectivity index (χ0n) is 23.7. The number of amides is 1. The number of hydrogen-bond donors (Lipinski definition) is 5. The Kier molecular flexibility index (Phi) is 10.7. The molecule has 5 unspecified atom stereocenters. The number of carboxylic acid groups (broad SMARTS) is 1. The van der Waals surface area contributed by atoms with Crippen molar-refractivity contribution in [3.63, 3.8) is 0 Å². The summed E-state index contributed by atoms with van der Waals surface area (Å²) >= 11 is 0. The monoisotopic (exact) mass is 578 g/mol.